The Balaban J connectivity index is 1.32. The Bertz CT molecular complexity index is 883. The summed E-state index contributed by atoms with van der Waals surface area (Å²) in [5.74, 6) is 1.59. The van der Waals surface area contributed by atoms with E-state index in [1.807, 2.05) is 4.90 Å². The highest BCUT2D eigenvalue weighted by Crippen LogP contribution is 2.45. The molecule has 0 radical (unpaired) electrons. The number of rotatable bonds is 3. The molecule has 5 rings (SSSR count). The minimum absolute atomic E-state index is 0.0576. The molecule has 3 atom stereocenters. The second-order valence-electron chi connectivity index (χ2n) is 8.78. The quantitative estimate of drug-likeness (QED) is 0.858. The number of nitrogens with zero attached hydrogens (tertiary/aromatic N) is 3. The number of likely N-dealkylation sites (tertiary alicyclic amines) is 1. The molecule has 6 nitrogen and oxygen atoms in total. The fourth-order valence-corrected chi connectivity index (χ4v) is 5.46. The number of benzene rings is 1. The first-order chi connectivity index (χ1) is 14.2. The molecule has 1 aromatic heterocycles. The zero-order chi connectivity index (χ0) is 19.8. The lowest BCUT2D eigenvalue weighted by molar-refractivity contribution is -0.146. The minimum atomic E-state index is -0.291. The van der Waals surface area contributed by atoms with E-state index in [2.05, 4.69) is 15.5 Å². The van der Waals surface area contributed by atoms with Crippen LogP contribution in [0, 0.1) is 17.2 Å². The second-order valence-corrected chi connectivity index (χ2v) is 8.78. The van der Waals surface area contributed by atoms with Crippen molar-refractivity contribution in [2.24, 2.45) is 11.3 Å². The Kier molecular flexibility index (Phi) is 4.86. The van der Waals surface area contributed by atoms with Crippen LogP contribution in [-0.4, -0.2) is 47.1 Å². The average Bonchev–Trinajstić information content (AvgIpc) is 3.42. The maximum atomic E-state index is 13.6. The summed E-state index contributed by atoms with van der Waals surface area (Å²) in [6.45, 7) is 3.22. The summed E-state index contributed by atoms with van der Waals surface area (Å²) in [6, 6.07) is 6.08. The second kappa shape index (κ2) is 7.52. The number of carbonyl (C=O) groups excluding carboxylic acids is 1. The molecule has 3 aliphatic rings. The van der Waals surface area contributed by atoms with Crippen molar-refractivity contribution in [1.82, 2.24) is 20.4 Å². The molecule has 0 bridgehead atoms. The van der Waals surface area contributed by atoms with Crippen LogP contribution in [0.2, 0.25) is 0 Å². The molecule has 1 saturated carbocycles. The Labute approximate surface area is 169 Å². The van der Waals surface area contributed by atoms with E-state index in [4.69, 9.17) is 4.52 Å². The van der Waals surface area contributed by atoms with Crippen molar-refractivity contribution in [2.45, 2.75) is 44.4 Å². The van der Waals surface area contributed by atoms with Crippen molar-refractivity contribution < 1.29 is 13.7 Å². The Morgan fingerprint density at radius 2 is 2.07 bits per heavy atom. The first-order valence-electron chi connectivity index (χ1n) is 10.8. The van der Waals surface area contributed by atoms with Gasteiger partial charge in [-0.25, -0.2) is 4.39 Å². The van der Waals surface area contributed by atoms with Gasteiger partial charge >= 0.3 is 0 Å². The summed E-state index contributed by atoms with van der Waals surface area (Å²) < 4.78 is 18.7. The lowest BCUT2D eigenvalue weighted by Crippen LogP contribution is -2.52. The molecule has 3 heterocycles. The SMILES string of the molecule is O=C(N1CCCC(c2nc(-c3ccc(F)cc3)no2)C1)[C@@]12CCCC[C@H]1CNC2. The lowest BCUT2D eigenvalue weighted by Gasteiger charge is -2.42. The zero-order valence-corrected chi connectivity index (χ0v) is 16.6. The molecular formula is C22H27FN4O2. The van der Waals surface area contributed by atoms with Crippen molar-refractivity contribution in [3.8, 4) is 11.4 Å². The molecule has 1 unspecified atom stereocenters. The maximum absolute atomic E-state index is 13.6. The predicted octanol–water partition coefficient (Wildman–Crippen LogP) is 3.36. The van der Waals surface area contributed by atoms with Crippen molar-refractivity contribution in [1.29, 1.82) is 0 Å². The van der Waals surface area contributed by atoms with Crippen molar-refractivity contribution in [3.63, 3.8) is 0 Å². The van der Waals surface area contributed by atoms with Crippen molar-refractivity contribution >= 4 is 5.91 Å². The first kappa shape index (κ1) is 18.7. The van der Waals surface area contributed by atoms with Crippen LogP contribution >= 0.6 is 0 Å². The van der Waals surface area contributed by atoms with Crippen LogP contribution in [0.25, 0.3) is 11.4 Å². The number of piperidine rings is 1. The number of carbonyl (C=O) groups is 1. The fraction of sp³-hybridized carbons (Fsp3) is 0.591. The van der Waals surface area contributed by atoms with Gasteiger partial charge in [0.05, 0.1) is 11.3 Å². The fourth-order valence-electron chi connectivity index (χ4n) is 5.46. The third kappa shape index (κ3) is 3.35. The van der Waals surface area contributed by atoms with Crippen LogP contribution in [0.3, 0.4) is 0 Å². The molecule has 0 spiro atoms. The van der Waals surface area contributed by atoms with E-state index in [9.17, 15) is 9.18 Å². The summed E-state index contributed by atoms with van der Waals surface area (Å²) in [6.07, 6.45) is 6.41. The van der Waals surface area contributed by atoms with E-state index in [-0.39, 0.29) is 17.2 Å². The van der Waals surface area contributed by atoms with Gasteiger partial charge in [0.25, 0.3) is 0 Å². The topological polar surface area (TPSA) is 71.3 Å². The van der Waals surface area contributed by atoms with Gasteiger partial charge in [-0.1, -0.05) is 18.0 Å². The van der Waals surface area contributed by atoms with Crippen LogP contribution in [0.1, 0.15) is 50.3 Å². The van der Waals surface area contributed by atoms with E-state index in [0.717, 1.165) is 57.3 Å². The van der Waals surface area contributed by atoms with E-state index >= 15 is 0 Å². The summed E-state index contributed by atoms with van der Waals surface area (Å²) in [4.78, 5) is 20.2. The van der Waals surface area contributed by atoms with Crippen LogP contribution in [0.15, 0.2) is 28.8 Å². The van der Waals surface area contributed by atoms with E-state index < -0.39 is 0 Å². The first-order valence-corrected chi connectivity index (χ1v) is 10.8. The van der Waals surface area contributed by atoms with Crippen LogP contribution in [-0.2, 0) is 4.79 Å². The largest absolute Gasteiger partial charge is 0.341 e. The van der Waals surface area contributed by atoms with E-state index in [1.165, 1.54) is 18.6 Å². The van der Waals surface area contributed by atoms with Gasteiger partial charge in [-0.2, -0.15) is 4.98 Å². The number of hydrogen-bond acceptors (Lipinski definition) is 5. The molecule has 1 amide bonds. The molecule has 2 aromatic rings. The summed E-state index contributed by atoms with van der Waals surface area (Å²) >= 11 is 0. The van der Waals surface area contributed by atoms with Gasteiger partial charge < -0.3 is 14.7 Å². The van der Waals surface area contributed by atoms with Crippen molar-refractivity contribution in [3.05, 3.63) is 36.0 Å². The van der Waals surface area contributed by atoms with Crippen LogP contribution < -0.4 is 5.32 Å². The van der Waals surface area contributed by atoms with Gasteiger partial charge in [-0.15, -0.1) is 0 Å². The van der Waals surface area contributed by atoms with Gasteiger partial charge in [0, 0.05) is 25.2 Å². The Morgan fingerprint density at radius 1 is 1.21 bits per heavy atom. The monoisotopic (exact) mass is 398 g/mol. The predicted molar refractivity (Wildman–Crippen MR) is 106 cm³/mol. The maximum Gasteiger partial charge on any atom is 0.231 e. The summed E-state index contributed by atoms with van der Waals surface area (Å²) in [7, 11) is 0. The Morgan fingerprint density at radius 3 is 2.93 bits per heavy atom. The molecule has 154 valence electrons. The molecule has 1 aromatic carbocycles. The van der Waals surface area contributed by atoms with Gasteiger partial charge in [-0.3, -0.25) is 4.79 Å². The normalized spacial score (nSPS) is 29.6. The molecule has 7 heteroatoms. The third-order valence-corrected chi connectivity index (χ3v) is 7.07. The highest BCUT2D eigenvalue weighted by molar-refractivity contribution is 5.84. The average molecular weight is 398 g/mol. The molecule has 1 aliphatic carbocycles. The third-order valence-electron chi connectivity index (χ3n) is 7.07. The number of halogens is 1. The van der Waals surface area contributed by atoms with E-state index in [1.54, 1.807) is 12.1 Å². The molecule has 3 fully saturated rings. The van der Waals surface area contributed by atoms with Gasteiger partial charge in [0.15, 0.2) is 0 Å². The van der Waals surface area contributed by atoms with Crippen LogP contribution in [0.4, 0.5) is 4.39 Å². The minimum Gasteiger partial charge on any atom is -0.341 e. The molecule has 29 heavy (non-hydrogen) atoms. The molecule has 2 saturated heterocycles. The van der Waals surface area contributed by atoms with Gasteiger partial charge in [0.2, 0.25) is 17.6 Å². The highest BCUT2D eigenvalue weighted by Gasteiger charge is 2.51. The standard InChI is InChI=1S/C22H27FN4O2/c23-18-8-6-15(7-9-18)19-25-20(29-26-19)16-4-3-11-27(13-16)21(28)22-10-2-1-5-17(22)12-24-14-22/h6-9,16-17,24H,1-5,10-14H2/t16?,17-,22+/m0/s1. The van der Waals surface area contributed by atoms with Crippen LogP contribution in [0.5, 0.6) is 0 Å². The van der Waals surface area contributed by atoms with Crippen molar-refractivity contribution in [2.75, 3.05) is 26.2 Å². The molecule has 2 aliphatic heterocycles. The number of amides is 1. The summed E-state index contributed by atoms with van der Waals surface area (Å²) in [5, 5.41) is 7.56. The highest BCUT2D eigenvalue weighted by atomic mass is 19.1. The van der Waals surface area contributed by atoms with E-state index in [0.29, 0.717) is 30.1 Å². The zero-order valence-electron chi connectivity index (χ0n) is 16.6. The van der Waals surface area contributed by atoms with Gasteiger partial charge in [-0.05, 0) is 62.4 Å². The number of fused-ring (bicyclic) bond motifs is 1. The number of nitrogens with one attached hydrogen (secondary N) is 1. The number of aromatic nitrogens is 2. The lowest BCUT2D eigenvalue weighted by atomic mass is 9.67. The van der Waals surface area contributed by atoms with Gasteiger partial charge in [0.1, 0.15) is 5.82 Å². The summed E-state index contributed by atoms with van der Waals surface area (Å²) in [5.41, 5.74) is 0.514. The smallest absolute Gasteiger partial charge is 0.231 e. The molecular weight excluding hydrogens is 371 g/mol. The Hall–Kier alpha value is -2.28. The molecule has 1 N–H and O–H groups in total. The number of hydrogen-bond donors (Lipinski definition) is 1.